The van der Waals surface area contributed by atoms with E-state index in [4.69, 9.17) is 0 Å². The first-order chi connectivity index (χ1) is 12.0. The van der Waals surface area contributed by atoms with E-state index >= 15 is 0 Å². The van der Waals surface area contributed by atoms with Crippen LogP contribution in [0.3, 0.4) is 0 Å². The summed E-state index contributed by atoms with van der Waals surface area (Å²) in [6, 6.07) is 9.58. The van der Waals surface area contributed by atoms with Crippen LogP contribution in [0.15, 0.2) is 52.1 Å². The molecular weight excluding hydrogens is 332 g/mol. The number of nitrogens with one attached hydrogen (secondary N) is 2. The van der Waals surface area contributed by atoms with Gasteiger partial charge in [-0.05, 0) is 30.3 Å². The Bertz CT molecular complexity index is 1070. The Hall–Kier alpha value is -3.29. The third kappa shape index (κ3) is 3.32. The Morgan fingerprint density at radius 3 is 2.60 bits per heavy atom. The molecule has 0 saturated carbocycles. The number of benzene rings is 2. The van der Waals surface area contributed by atoms with Gasteiger partial charge in [-0.15, -0.1) is 0 Å². The summed E-state index contributed by atoms with van der Waals surface area (Å²) in [6.45, 7) is 0.0872. The van der Waals surface area contributed by atoms with E-state index in [-0.39, 0.29) is 18.7 Å². The van der Waals surface area contributed by atoms with Gasteiger partial charge in [0.25, 0.3) is 5.91 Å². The van der Waals surface area contributed by atoms with Gasteiger partial charge in [-0.1, -0.05) is 12.1 Å². The standard InChI is InChI=1S/C17H13F2N3O3/c18-11-6-5-10(9-12(11)19)15(23)20-7-8-22-14-4-2-1-3-13(14)21-16(24)17(22)25/h1-6,9H,7-8H2,(H,20,23)(H,21,24). The van der Waals surface area contributed by atoms with Gasteiger partial charge in [-0.3, -0.25) is 14.4 Å². The number of para-hydroxylation sites is 2. The molecule has 6 nitrogen and oxygen atoms in total. The number of aromatic nitrogens is 2. The monoisotopic (exact) mass is 345 g/mol. The second kappa shape index (κ2) is 6.68. The summed E-state index contributed by atoms with van der Waals surface area (Å²) in [5.41, 5.74) is -0.512. The lowest BCUT2D eigenvalue weighted by Crippen LogP contribution is -2.39. The van der Waals surface area contributed by atoms with Crippen molar-refractivity contribution in [2.45, 2.75) is 6.54 Å². The Morgan fingerprint density at radius 1 is 1.08 bits per heavy atom. The summed E-state index contributed by atoms with van der Waals surface area (Å²) in [4.78, 5) is 38.2. The van der Waals surface area contributed by atoms with Crippen molar-refractivity contribution in [2.24, 2.45) is 0 Å². The van der Waals surface area contributed by atoms with E-state index in [9.17, 15) is 23.2 Å². The van der Waals surface area contributed by atoms with Crippen LogP contribution in [0.25, 0.3) is 11.0 Å². The maximum atomic E-state index is 13.2. The molecule has 1 heterocycles. The number of carbonyl (C=O) groups is 1. The first kappa shape index (κ1) is 16.6. The maximum absolute atomic E-state index is 13.2. The molecule has 128 valence electrons. The van der Waals surface area contributed by atoms with Crippen molar-refractivity contribution in [1.29, 1.82) is 0 Å². The van der Waals surface area contributed by atoms with E-state index in [1.54, 1.807) is 24.3 Å². The van der Waals surface area contributed by atoms with Gasteiger partial charge < -0.3 is 14.9 Å². The molecule has 2 N–H and O–H groups in total. The second-order valence-corrected chi connectivity index (χ2v) is 5.31. The van der Waals surface area contributed by atoms with E-state index in [0.717, 1.165) is 18.2 Å². The van der Waals surface area contributed by atoms with Gasteiger partial charge in [0.15, 0.2) is 11.6 Å². The van der Waals surface area contributed by atoms with Crippen molar-refractivity contribution < 1.29 is 13.6 Å². The summed E-state index contributed by atoms with van der Waals surface area (Å²) >= 11 is 0. The number of hydrogen-bond acceptors (Lipinski definition) is 3. The highest BCUT2D eigenvalue weighted by Gasteiger charge is 2.11. The van der Waals surface area contributed by atoms with Gasteiger partial charge in [0.05, 0.1) is 11.0 Å². The number of fused-ring (bicyclic) bond motifs is 1. The topological polar surface area (TPSA) is 84.0 Å². The van der Waals surface area contributed by atoms with Crippen LogP contribution in [-0.2, 0) is 6.54 Å². The van der Waals surface area contributed by atoms with E-state index in [2.05, 4.69) is 10.3 Å². The molecule has 0 spiro atoms. The number of rotatable bonds is 4. The SMILES string of the molecule is O=C(NCCn1c(=O)c(=O)[nH]c2ccccc21)c1ccc(F)c(F)c1. The Balaban J connectivity index is 1.78. The summed E-state index contributed by atoms with van der Waals surface area (Å²) in [7, 11) is 0. The van der Waals surface area contributed by atoms with Gasteiger partial charge in [0.1, 0.15) is 0 Å². The molecule has 0 bridgehead atoms. The number of aromatic amines is 1. The van der Waals surface area contributed by atoms with Crippen molar-refractivity contribution in [3.63, 3.8) is 0 Å². The van der Waals surface area contributed by atoms with Crippen LogP contribution < -0.4 is 16.4 Å². The van der Waals surface area contributed by atoms with Gasteiger partial charge in [0, 0.05) is 18.7 Å². The molecule has 0 fully saturated rings. The third-order valence-electron chi connectivity index (χ3n) is 3.69. The minimum Gasteiger partial charge on any atom is -0.350 e. The molecule has 25 heavy (non-hydrogen) atoms. The molecule has 1 amide bonds. The highest BCUT2D eigenvalue weighted by atomic mass is 19.2. The zero-order valence-corrected chi connectivity index (χ0v) is 12.9. The minimum atomic E-state index is -1.12. The van der Waals surface area contributed by atoms with Crippen molar-refractivity contribution in [3.8, 4) is 0 Å². The van der Waals surface area contributed by atoms with E-state index < -0.39 is 28.7 Å². The predicted molar refractivity (Wildman–Crippen MR) is 87.5 cm³/mol. The number of nitrogens with zero attached hydrogens (tertiary/aromatic N) is 1. The van der Waals surface area contributed by atoms with Crippen LogP contribution in [0.2, 0.25) is 0 Å². The molecule has 0 aliphatic heterocycles. The lowest BCUT2D eigenvalue weighted by molar-refractivity contribution is 0.0951. The zero-order valence-electron chi connectivity index (χ0n) is 12.9. The number of H-pyrrole nitrogens is 1. The first-order valence-corrected chi connectivity index (χ1v) is 7.42. The van der Waals surface area contributed by atoms with Crippen molar-refractivity contribution in [3.05, 3.63) is 80.4 Å². The van der Waals surface area contributed by atoms with Gasteiger partial charge in [0.2, 0.25) is 0 Å². The number of hydrogen-bond donors (Lipinski definition) is 2. The zero-order chi connectivity index (χ0) is 18.0. The molecule has 0 saturated heterocycles. The molecule has 0 aliphatic rings. The predicted octanol–water partition coefficient (Wildman–Crippen LogP) is 1.40. The molecule has 3 rings (SSSR count). The van der Waals surface area contributed by atoms with Crippen LogP contribution in [0.4, 0.5) is 8.78 Å². The number of carbonyl (C=O) groups excluding carboxylic acids is 1. The Kier molecular flexibility index (Phi) is 4.42. The van der Waals surface area contributed by atoms with E-state index in [0.29, 0.717) is 11.0 Å². The van der Waals surface area contributed by atoms with Crippen LogP contribution in [0, 0.1) is 11.6 Å². The molecule has 0 aliphatic carbocycles. The molecular formula is C17H13F2N3O3. The van der Waals surface area contributed by atoms with E-state index in [1.807, 2.05) is 0 Å². The fraction of sp³-hybridized carbons (Fsp3) is 0.118. The smallest absolute Gasteiger partial charge is 0.316 e. The number of halogens is 2. The molecule has 2 aromatic carbocycles. The van der Waals surface area contributed by atoms with Gasteiger partial charge in [-0.25, -0.2) is 8.78 Å². The quantitative estimate of drug-likeness (QED) is 0.701. The molecule has 8 heteroatoms. The minimum absolute atomic E-state index is 0.0329. The van der Waals surface area contributed by atoms with Crippen LogP contribution in [0.1, 0.15) is 10.4 Å². The Morgan fingerprint density at radius 2 is 1.84 bits per heavy atom. The first-order valence-electron chi connectivity index (χ1n) is 7.42. The van der Waals surface area contributed by atoms with Gasteiger partial charge >= 0.3 is 11.1 Å². The molecule has 0 atom stereocenters. The fourth-order valence-electron chi connectivity index (χ4n) is 2.47. The fourth-order valence-corrected chi connectivity index (χ4v) is 2.47. The highest BCUT2D eigenvalue weighted by molar-refractivity contribution is 5.94. The van der Waals surface area contributed by atoms with Crippen LogP contribution in [0.5, 0.6) is 0 Å². The lowest BCUT2D eigenvalue weighted by Gasteiger charge is -2.10. The molecule has 0 unspecified atom stereocenters. The summed E-state index contributed by atoms with van der Waals surface area (Å²) in [5.74, 6) is -2.77. The van der Waals surface area contributed by atoms with Crippen LogP contribution in [-0.4, -0.2) is 22.0 Å². The van der Waals surface area contributed by atoms with Gasteiger partial charge in [-0.2, -0.15) is 0 Å². The highest BCUT2D eigenvalue weighted by Crippen LogP contribution is 2.09. The Labute approximate surface area is 139 Å². The molecule has 0 radical (unpaired) electrons. The summed E-state index contributed by atoms with van der Waals surface area (Å²) < 4.78 is 27.3. The normalized spacial score (nSPS) is 10.8. The summed E-state index contributed by atoms with van der Waals surface area (Å²) in [5, 5.41) is 2.51. The average molecular weight is 345 g/mol. The van der Waals surface area contributed by atoms with Crippen LogP contribution >= 0.6 is 0 Å². The average Bonchev–Trinajstić information content (AvgIpc) is 2.60. The second-order valence-electron chi connectivity index (χ2n) is 5.31. The molecule has 1 aromatic heterocycles. The van der Waals surface area contributed by atoms with Crippen molar-refractivity contribution in [1.82, 2.24) is 14.9 Å². The number of amides is 1. The van der Waals surface area contributed by atoms with E-state index in [1.165, 1.54) is 4.57 Å². The summed E-state index contributed by atoms with van der Waals surface area (Å²) in [6.07, 6.45) is 0. The van der Waals surface area contributed by atoms with Crippen molar-refractivity contribution >= 4 is 16.9 Å². The maximum Gasteiger partial charge on any atom is 0.316 e. The third-order valence-corrected chi connectivity index (χ3v) is 3.69. The lowest BCUT2D eigenvalue weighted by atomic mass is 10.2. The molecule has 3 aromatic rings. The van der Waals surface area contributed by atoms with Crippen molar-refractivity contribution in [2.75, 3.05) is 6.54 Å². The largest absolute Gasteiger partial charge is 0.350 e.